The summed E-state index contributed by atoms with van der Waals surface area (Å²) in [6.45, 7) is 1.36. The summed E-state index contributed by atoms with van der Waals surface area (Å²) in [5.74, 6) is -2.80. The van der Waals surface area contributed by atoms with E-state index in [1.54, 1.807) is 0 Å². The fourth-order valence-corrected chi connectivity index (χ4v) is 1.54. The van der Waals surface area contributed by atoms with Crippen LogP contribution in [0.2, 0.25) is 0 Å². The van der Waals surface area contributed by atoms with Crippen LogP contribution >= 0.6 is 0 Å². The molecular weight excluding hydrogens is 256 g/mol. The van der Waals surface area contributed by atoms with E-state index >= 15 is 0 Å². The summed E-state index contributed by atoms with van der Waals surface area (Å²) in [4.78, 5) is 21.9. The topological polar surface area (TPSA) is 66.4 Å². The molecule has 2 N–H and O–H groups in total. The zero-order valence-electron chi connectivity index (χ0n) is 10.5. The maximum Gasteiger partial charge on any atom is 0.325 e. The predicted octanol–water partition coefficient (Wildman–Crippen LogP) is 1.88. The van der Waals surface area contributed by atoms with E-state index in [0.717, 1.165) is 12.1 Å². The number of aliphatic carboxylic acids is 1. The van der Waals surface area contributed by atoms with E-state index in [1.165, 1.54) is 13.0 Å². The van der Waals surface area contributed by atoms with Gasteiger partial charge in [0.25, 0.3) is 0 Å². The van der Waals surface area contributed by atoms with Crippen molar-refractivity contribution in [1.29, 1.82) is 0 Å². The van der Waals surface area contributed by atoms with Gasteiger partial charge in [-0.25, -0.2) is 8.78 Å². The molecule has 0 saturated heterocycles. The van der Waals surface area contributed by atoms with Crippen molar-refractivity contribution in [3.8, 4) is 0 Å². The van der Waals surface area contributed by atoms with Crippen molar-refractivity contribution >= 4 is 11.9 Å². The molecule has 4 nitrogen and oxygen atoms in total. The van der Waals surface area contributed by atoms with Crippen molar-refractivity contribution in [3.63, 3.8) is 0 Å². The van der Waals surface area contributed by atoms with Crippen LogP contribution in [0, 0.1) is 11.6 Å². The number of carbonyl (C=O) groups is 2. The molecule has 1 unspecified atom stereocenters. The summed E-state index contributed by atoms with van der Waals surface area (Å²) in [7, 11) is 0. The fraction of sp³-hybridized carbons (Fsp3) is 0.385. The molecule has 1 aromatic rings. The zero-order valence-corrected chi connectivity index (χ0v) is 10.5. The fourth-order valence-electron chi connectivity index (χ4n) is 1.54. The monoisotopic (exact) mass is 271 g/mol. The molecule has 1 aromatic carbocycles. The number of halogens is 2. The van der Waals surface area contributed by atoms with Crippen LogP contribution in [0.4, 0.5) is 8.78 Å². The van der Waals surface area contributed by atoms with Gasteiger partial charge in [-0.05, 0) is 31.4 Å². The van der Waals surface area contributed by atoms with E-state index < -0.39 is 29.6 Å². The number of benzene rings is 1. The second-order valence-corrected chi connectivity index (χ2v) is 4.22. The van der Waals surface area contributed by atoms with Crippen molar-refractivity contribution in [2.45, 2.75) is 32.2 Å². The van der Waals surface area contributed by atoms with Crippen LogP contribution in [0.3, 0.4) is 0 Å². The molecule has 6 heteroatoms. The Kier molecular flexibility index (Phi) is 5.41. The Morgan fingerprint density at radius 1 is 1.37 bits per heavy atom. The first-order chi connectivity index (χ1) is 8.90. The summed E-state index contributed by atoms with van der Waals surface area (Å²) in [5.41, 5.74) is 0.334. The third kappa shape index (κ3) is 5.03. The maximum absolute atomic E-state index is 13.3. The zero-order chi connectivity index (χ0) is 14.4. The molecule has 104 valence electrons. The second-order valence-electron chi connectivity index (χ2n) is 4.22. The van der Waals surface area contributed by atoms with Gasteiger partial charge in [-0.3, -0.25) is 9.59 Å². The van der Waals surface area contributed by atoms with Gasteiger partial charge in [0.05, 0.1) is 0 Å². The lowest BCUT2D eigenvalue weighted by molar-refractivity contribution is -0.141. The highest BCUT2D eigenvalue weighted by Gasteiger charge is 2.13. The second kappa shape index (κ2) is 6.82. The van der Waals surface area contributed by atoms with Crippen LogP contribution in [0.25, 0.3) is 0 Å². The van der Waals surface area contributed by atoms with Crippen molar-refractivity contribution < 1.29 is 23.5 Å². The van der Waals surface area contributed by atoms with Crippen LogP contribution in [-0.2, 0) is 16.0 Å². The first-order valence-electron chi connectivity index (χ1n) is 5.86. The summed E-state index contributed by atoms with van der Waals surface area (Å²) < 4.78 is 25.9. The van der Waals surface area contributed by atoms with E-state index in [0.29, 0.717) is 18.4 Å². The molecule has 0 bridgehead atoms. The van der Waals surface area contributed by atoms with E-state index in [-0.39, 0.29) is 6.42 Å². The Morgan fingerprint density at radius 3 is 2.63 bits per heavy atom. The van der Waals surface area contributed by atoms with Crippen LogP contribution in [0.1, 0.15) is 25.3 Å². The van der Waals surface area contributed by atoms with E-state index in [2.05, 4.69) is 5.32 Å². The standard InChI is InChI=1S/C13H15F2NO3/c1-8(13(18)19)16-12(17)4-2-3-9-5-6-10(14)7-11(9)15/h5-8H,2-4H2,1H3,(H,16,17)(H,18,19). The Bertz CT molecular complexity index is 477. The van der Waals surface area contributed by atoms with Gasteiger partial charge in [0.2, 0.25) is 5.91 Å². The Hall–Kier alpha value is -1.98. The third-order valence-corrected chi connectivity index (χ3v) is 2.61. The predicted molar refractivity (Wildman–Crippen MR) is 64.5 cm³/mol. The summed E-state index contributed by atoms with van der Waals surface area (Å²) in [5, 5.41) is 10.9. The largest absolute Gasteiger partial charge is 0.480 e. The van der Waals surface area contributed by atoms with E-state index in [9.17, 15) is 18.4 Å². The highest BCUT2D eigenvalue weighted by molar-refractivity contribution is 5.83. The average molecular weight is 271 g/mol. The Balaban J connectivity index is 2.38. The average Bonchev–Trinajstić information content (AvgIpc) is 2.31. The molecule has 1 amide bonds. The molecule has 0 spiro atoms. The quantitative estimate of drug-likeness (QED) is 0.830. The molecule has 0 radical (unpaired) electrons. The van der Waals surface area contributed by atoms with E-state index in [4.69, 9.17) is 5.11 Å². The minimum atomic E-state index is -1.11. The summed E-state index contributed by atoms with van der Waals surface area (Å²) in [6, 6.07) is 2.34. The molecule has 1 atom stereocenters. The van der Waals surface area contributed by atoms with Crippen LogP contribution in [-0.4, -0.2) is 23.0 Å². The number of nitrogens with one attached hydrogen (secondary N) is 1. The number of aryl methyl sites for hydroxylation is 1. The van der Waals surface area contributed by atoms with Gasteiger partial charge in [-0.15, -0.1) is 0 Å². The number of carbonyl (C=O) groups excluding carboxylic acids is 1. The molecule has 19 heavy (non-hydrogen) atoms. The molecule has 0 heterocycles. The molecule has 0 aromatic heterocycles. The number of amides is 1. The Labute approximate surface area is 109 Å². The highest BCUT2D eigenvalue weighted by Crippen LogP contribution is 2.12. The maximum atomic E-state index is 13.3. The normalized spacial score (nSPS) is 11.9. The Morgan fingerprint density at radius 2 is 2.05 bits per heavy atom. The number of hydrogen-bond acceptors (Lipinski definition) is 2. The van der Waals surface area contributed by atoms with Gasteiger partial charge in [-0.2, -0.15) is 0 Å². The number of carboxylic acid groups (broad SMARTS) is 1. The van der Waals surface area contributed by atoms with Crippen molar-refractivity contribution in [2.24, 2.45) is 0 Å². The smallest absolute Gasteiger partial charge is 0.325 e. The van der Waals surface area contributed by atoms with Gasteiger partial charge in [0, 0.05) is 12.5 Å². The lowest BCUT2D eigenvalue weighted by Gasteiger charge is -2.09. The van der Waals surface area contributed by atoms with Crippen molar-refractivity contribution in [3.05, 3.63) is 35.4 Å². The lowest BCUT2D eigenvalue weighted by Crippen LogP contribution is -2.38. The number of rotatable bonds is 6. The summed E-state index contributed by atoms with van der Waals surface area (Å²) in [6.07, 6.45) is 0.746. The molecular formula is C13H15F2NO3. The van der Waals surface area contributed by atoms with Gasteiger partial charge >= 0.3 is 5.97 Å². The highest BCUT2D eigenvalue weighted by atomic mass is 19.1. The molecule has 0 aliphatic carbocycles. The van der Waals surface area contributed by atoms with Gasteiger partial charge in [-0.1, -0.05) is 6.07 Å². The van der Waals surface area contributed by atoms with Crippen LogP contribution in [0.5, 0.6) is 0 Å². The lowest BCUT2D eigenvalue weighted by atomic mass is 10.1. The van der Waals surface area contributed by atoms with Crippen LogP contribution in [0.15, 0.2) is 18.2 Å². The molecule has 0 aliphatic rings. The SMILES string of the molecule is CC(NC(=O)CCCc1ccc(F)cc1F)C(=O)O. The van der Waals surface area contributed by atoms with Crippen LogP contribution < -0.4 is 5.32 Å². The number of hydrogen-bond donors (Lipinski definition) is 2. The molecule has 1 rings (SSSR count). The third-order valence-electron chi connectivity index (χ3n) is 2.61. The minimum absolute atomic E-state index is 0.0917. The van der Waals surface area contributed by atoms with Gasteiger partial charge in [0.15, 0.2) is 0 Å². The van der Waals surface area contributed by atoms with Crippen molar-refractivity contribution in [1.82, 2.24) is 5.32 Å². The first kappa shape index (κ1) is 15.1. The summed E-state index contributed by atoms with van der Waals surface area (Å²) >= 11 is 0. The number of carboxylic acids is 1. The molecule has 0 fully saturated rings. The molecule has 0 saturated carbocycles. The minimum Gasteiger partial charge on any atom is -0.480 e. The molecule has 0 aliphatic heterocycles. The van der Waals surface area contributed by atoms with E-state index in [1.807, 2.05) is 0 Å². The van der Waals surface area contributed by atoms with Gasteiger partial charge < -0.3 is 10.4 Å². The first-order valence-corrected chi connectivity index (χ1v) is 5.86. The van der Waals surface area contributed by atoms with Crippen molar-refractivity contribution in [2.75, 3.05) is 0 Å². The van der Waals surface area contributed by atoms with Gasteiger partial charge in [0.1, 0.15) is 17.7 Å².